The fourth-order valence-corrected chi connectivity index (χ4v) is 5.55. The molecule has 14 nitrogen and oxygen atoms in total. The van der Waals surface area contributed by atoms with Crippen LogP contribution in [0.3, 0.4) is 0 Å². The number of ether oxygens (including phenoxy) is 1. The molecular formula is C22H24N2O12P2. The Hall–Kier alpha value is -2.74. The van der Waals surface area contributed by atoms with Crippen molar-refractivity contribution in [3.8, 4) is 11.1 Å². The van der Waals surface area contributed by atoms with Gasteiger partial charge in [-0.05, 0) is 22.8 Å². The Balaban J connectivity index is 1.55. The summed E-state index contributed by atoms with van der Waals surface area (Å²) in [6.07, 6.45) is -5.40. The van der Waals surface area contributed by atoms with E-state index in [9.17, 15) is 33.8 Å². The second-order valence-corrected chi connectivity index (χ2v) is 11.2. The number of nitrogens with zero attached hydrogens (tertiary/aromatic N) is 2. The first-order valence-electron chi connectivity index (χ1n) is 11.1. The van der Waals surface area contributed by atoms with Crippen molar-refractivity contribution in [3.63, 3.8) is 0 Å². The van der Waals surface area contributed by atoms with Crippen LogP contribution in [-0.2, 0) is 29.2 Å². The van der Waals surface area contributed by atoms with E-state index in [1.54, 1.807) is 12.1 Å². The van der Waals surface area contributed by atoms with E-state index < -0.39 is 58.0 Å². The topological polar surface area (TPSA) is 207 Å². The molecule has 204 valence electrons. The van der Waals surface area contributed by atoms with Crippen LogP contribution < -0.4 is 11.2 Å². The molecule has 5 N–H and O–H groups in total. The zero-order valence-corrected chi connectivity index (χ0v) is 21.2. The molecule has 2 heterocycles. The third kappa shape index (κ3) is 6.63. The van der Waals surface area contributed by atoms with Crippen LogP contribution in [0.2, 0.25) is 0 Å². The van der Waals surface area contributed by atoms with Gasteiger partial charge in [0.05, 0.1) is 13.2 Å². The first kappa shape index (κ1) is 28.3. The van der Waals surface area contributed by atoms with Crippen molar-refractivity contribution in [1.29, 1.82) is 0 Å². The minimum atomic E-state index is -5.37. The maximum absolute atomic E-state index is 13.2. The molecule has 1 aliphatic rings. The summed E-state index contributed by atoms with van der Waals surface area (Å²) in [6, 6.07) is 17.8. The molecule has 2 unspecified atom stereocenters. The van der Waals surface area contributed by atoms with Crippen LogP contribution in [0.15, 0.2) is 76.4 Å². The molecule has 1 aromatic heterocycles. The lowest BCUT2D eigenvalue weighted by Crippen LogP contribution is -2.43. The highest BCUT2D eigenvalue weighted by atomic mass is 31.3. The number of hydrogen-bond acceptors (Lipinski definition) is 9. The molecule has 1 saturated heterocycles. The molecule has 3 aromatic rings. The predicted molar refractivity (Wildman–Crippen MR) is 131 cm³/mol. The summed E-state index contributed by atoms with van der Waals surface area (Å²) < 4.78 is 37.8. The minimum Gasteiger partial charge on any atom is -0.387 e. The Morgan fingerprint density at radius 2 is 1.58 bits per heavy atom. The van der Waals surface area contributed by atoms with E-state index in [1.807, 2.05) is 42.5 Å². The molecule has 0 amide bonds. The molecule has 5 atom stereocenters. The van der Waals surface area contributed by atoms with Gasteiger partial charge in [0.2, 0.25) is 0 Å². The van der Waals surface area contributed by atoms with Gasteiger partial charge in [-0.2, -0.15) is 4.31 Å². The molecule has 16 heteroatoms. The average Bonchev–Trinajstić information content (AvgIpc) is 3.13. The third-order valence-electron chi connectivity index (χ3n) is 5.69. The van der Waals surface area contributed by atoms with Crippen LogP contribution in [0, 0.1) is 0 Å². The second kappa shape index (κ2) is 11.2. The van der Waals surface area contributed by atoms with Crippen molar-refractivity contribution >= 4 is 15.6 Å². The maximum Gasteiger partial charge on any atom is 0.481 e. The monoisotopic (exact) mass is 570 g/mol. The summed E-state index contributed by atoms with van der Waals surface area (Å²) in [4.78, 5) is 52.5. The van der Waals surface area contributed by atoms with Gasteiger partial charge in [-0.3, -0.25) is 18.5 Å². The van der Waals surface area contributed by atoms with Crippen LogP contribution >= 0.6 is 15.6 Å². The van der Waals surface area contributed by atoms with Gasteiger partial charge >= 0.3 is 21.3 Å². The van der Waals surface area contributed by atoms with Crippen LogP contribution in [0.5, 0.6) is 0 Å². The minimum absolute atomic E-state index is 0.107. The van der Waals surface area contributed by atoms with E-state index in [1.165, 1.54) is 0 Å². The quantitative estimate of drug-likeness (QED) is 0.224. The van der Waals surface area contributed by atoms with Gasteiger partial charge in [-0.15, -0.1) is 0 Å². The number of phosphoric ester groups is 1. The Labute approximate surface area is 214 Å². The van der Waals surface area contributed by atoms with E-state index in [0.29, 0.717) is 5.56 Å². The van der Waals surface area contributed by atoms with Crippen molar-refractivity contribution < 1.29 is 47.6 Å². The van der Waals surface area contributed by atoms with E-state index in [-0.39, 0.29) is 6.54 Å². The third-order valence-corrected chi connectivity index (χ3v) is 7.84. The molecule has 0 bridgehead atoms. The van der Waals surface area contributed by atoms with Crippen molar-refractivity contribution in [2.75, 3.05) is 6.61 Å². The molecule has 0 aliphatic carbocycles. The van der Waals surface area contributed by atoms with Gasteiger partial charge in [0, 0.05) is 12.3 Å². The highest BCUT2D eigenvalue weighted by Gasteiger charge is 2.46. The van der Waals surface area contributed by atoms with Crippen molar-refractivity contribution in [1.82, 2.24) is 9.13 Å². The van der Waals surface area contributed by atoms with Crippen LogP contribution in [0.4, 0.5) is 0 Å². The Morgan fingerprint density at radius 3 is 2.26 bits per heavy atom. The van der Waals surface area contributed by atoms with Gasteiger partial charge in [0.15, 0.2) is 6.23 Å². The van der Waals surface area contributed by atoms with Gasteiger partial charge in [-0.25, -0.2) is 13.9 Å². The smallest absolute Gasteiger partial charge is 0.387 e. The summed E-state index contributed by atoms with van der Waals surface area (Å²) in [5, 5.41) is 20.8. The number of rotatable bonds is 9. The molecule has 2 aromatic carbocycles. The maximum atomic E-state index is 13.2. The lowest BCUT2D eigenvalue weighted by atomic mass is 10.0. The van der Waals surface area contributed by atoms with Gasteiger partial charge in [-0.1, -0.05) is 48.5 Å². The highest BCUT2D eigenvalue weighted by Crippen LogP contribution is 2.57. The Morgan fingerprint density at radius 1 is 0.895 bits per heavy atom. The van der Waals surface area contributed by atoms with Crippen LogP contribution in [0.25, 0.3) is 11.1 Å². The zero-order chi connectivity index (χ0) is 27.7. The predicted octanol–water partition coefficient (Wildman–Crippen LogP) is 0.571. The van der Waals surface area contributed by atoms with E-state index in [0.717, 1.165) is 32.5 Å². The number of aliphatic hydroxyl groups excluding tert-OH is 2. The number of phosphoric acid groups is 2. The van der Waals surface area contributed by atoms with Crippen molar-refractivity contribution in [3.05, 3.63) is 93.3 Å². The SMILES string of the molecule is O=c1ccn([C@@H]2O[C@H](COP(=O)(O)OP(=O)(O)O)[C@H](O)C2O)c(=O)n1Cc1cccc(-c2ccccc2)c1. The standard InChI is InChI=1S/C22H24N2O12P2/c25-18-9-10-23(21-20(27)19(26)17(35-21)13-34-38(32,33)36-37(29,30)31)22(28)24(18)12-14-5-4-8-16(11-14)15-6-2-1-3-7-15/h1-11,17,19-21,26-27H,12-13H2,(H,32,33)(H2,29,30,31)/t17-,19+,20?,21-/m1/s1. The molecule has 0 spiro atoms. The first-order chi connectivity index (χ1) is 17.8. The Bertz CT molecular complexity index is 1500. The molecule has 0 radical (unpaired) electrons. The van der Waals surface area contributed by atoms with Crippen LogP contribution in [-0.4, -0.2) is 58.9 Å². The first-order valence-corrected chi connectivity index (χ1v) is 14.1. The van der Waals surface area contributed by atoms with Gasteiger partial charge in [0.25, 0.3) is 5.56 Å². The Kier molecular flexibility index (Phi) is 8.31. The van der Waals surface area contributed by atoms with E-state index in [2.05, 4.69) is 8.83 Å². The molecule has 4 rings (SSSR count). The largest absolute Gasteiger partial charge is 0.481 e. The van der Waals surface area contributed by atoms with Gasteiger partial charge < -0.3 is 29.6 Å². The van der Waals surface area contributed by atoms with Crippen molar-refractivity contribution in [2.24, 2.45) is 0 Å². The molecule has 1 aliphatic heterocycles. The van der Waals surface area contributed by atoms with Gasteiger partial charge in [0.1, 0.15) is 18.3 Å². The summed E-state index contributed by atoms with van der Waals surface area (Å²) in [5.41, 5.74) is 0.969. The molecular weight excluding hydrogens is 546 g/mol. The lowest BCUT2D eigenvalue weighted by Gasteiger charge is -2.19. The molecule has 38 heavy (non-hydrogen) atoms. The zero-order valence-electron chi connectivity index (χ0n) is 19.5. The summed E-state index contributed by atoms with van der Waals surface area (Å²) in [6.45, 7) is -1.03. The fourth-order valence-electron chi connectivity index (χ4n) is 3.96. The summed E-state index contributed by atoms with van der Waals surface area (Å²) in [7, 11) is -10.6. The number of hydrogen-bond donors (Lipinski definition) is 5. The van der Waals surface area contributed by atoms with E-state index in [4.69, 9.17) is 14.5 Å². The number of aliphatic hydroxyl groups is 2. The average molecular weight is 570 g/mol. The molecule has 1 fully saturated rings. The molecule has 0 saturated carbocycles. The van der Waals surface area contributed by atoms with Crippen LogP contribution in [0.1, 0.15) is 11.8 Å². The highest BCUT2D eigenvalue weighted by molar-refractivity contribution is 7.60. The number of aromatic nitrogens is 2. The summed E-state index contributed by atoms with van der Waals surface area (Å²) in [5.74, 6) is 0. The van der Waals surface area contributed by atoms with Crippen molar-refractivity contribution in [2.45, 2.75) is 31.1 Å². The lowest BCUT2D eigenvalue weighted by molar-refractivity contribution is -0.0547. The van der Waals surface area contributed by atoms with E-state index >= 15 is 0 Å². The second-order valence-electron chi connectivity index (χ2n) is 8.38. The summed E-state index contributed by atoms with van der Waals surface area (Å²) >= 11 is 0. The fraction of sp³-hybridized carbons (Fsp3) is 0.273. The number of benzene rings is 2. The normalized spacial score (nSPS) is 23.3.